The van der Waals surface area contributed by atoms with E-state index < -0.39 is 29.0 Å². The van der Waals surface area contributed by atoms with Crippen LogP contribution in [0.5, 0.6) is 11.5 Å². The number of rotatable bonds is 7. The number of nitrogens with one attached hydrogen (secondary N) is 2. The maximum Gasteiger partial charge on any atom is 0.261 e. The summed E-state index contributed by atoms with van der Waals surface area (Å²) in [6.07, 6.45) is 1.22. The van der Waals surface area contributed by atoms with E-state index >= 15 is 0 Å². The highest BCUT2D eigenvalue weighted by Gasteiger charge is 2.22. The SMILES string of the molecule is COc1cc(C=C(C(=O)Nc2ccccc2F)C(=O)Nc2ccccc2F)cc(Cl)c1OC. The number of para-hydroxylation sites is 2. The second-order valence-corrected chi connectivity index (χ2v) is 7.07. The molecule has 0 aliphatic carbocycles. The Balaban J connectivity index is 2.03. The first-order valence-corrected chi connectivity index (χ1v) is 9.96. The van der Waals surface area contributed by atoms with E-state index in [1.807, 2.05) is 0 Å². The van der Waals surface area contributed by atoms with Gasteiger partial charge in [0.05, 0.1) is 30.6 Å². The van der Waals surface area contributed by atoms with E-state index in [2.05, 4.69) is 10.6 Å². The number of ether oxygens (including phenoxy) is 2. The van der Waals surface area contributed by atoms with E-state index in [4.69, 9.17) is 21.1 Å². The third-order valence-electron chi connectivity index (χ3n) is 4.50. The lowest BCUT2D eigenvalue weighted by Crippen LogP contribution is -2.26. The fourth-order valence-corrected chi connectivity index (χ4v) is 3.22. The molecule has 0 aliphatic rings. The van der Waals surface area contributed by atoms with Gasteiger partial charge in [0.1, 0.15) is 17.2 Å². The molecule has 0 heterocycles. The fraction of sp³-hybridized carbons (Fsp3) is 0.0833. The molecule has 0 saturated heterocycles. The summed E-state index contributed by atoms with van der Waals surface area (Å²) in [6.45, 7) is 0. The molecular formula is C24H19ClF2N2O4. The van der Waals surface area contributed by atoms with E-state index in [0.717, 1.165) is 12.1 Å². The lowest BCUT2D eigenvalue weighted by Gasteiger charge is -2.13. The number of benzene rings is 3. The molecule has 3 aromatic carbocycles. The zero-order valence-corrected chi connectivity index (χ0v) is 18.4. The Bertz CT molecular complexity index is 1170. The standard InChI is InChI=1S/C24H19ClF2N2O4/c1-32-21-13-14(12-16(25)22(21)33-2)11-15(23(30)28-19-9-5-3-7-17(19)26)24(31)29-20-10-6-4-8-18(20)27/h3-13H,1-2H3,(H,28,30)(H,29,31). The van der Waals surface area contributed by atoms with Gasteiger partial charge in [0.25, 0.3) is 11.8 Å². The molecule has 0 atom stereocenters. The Morgan fingerprint density at radius 2 is 1.36 bits per heavy atom. The van der Waals surface area contributed by atoms with Gasteiger partial charge < -0.3 is 20.1 Å². The molecule has 0 fully saturated rings. The normalized spacial score (nSPS) is 10.2. The number of hydrogen-bond acceptors (Lipinski definition) is 4. The van der Waals surface area contributed by atoms with Crippen LogP contribution in [0.2, 0.25) is 5.02 Å². The molecule has 0 aromatic heterocycles. The van der Waals surface area contributed by atoms with Gasteiger partial charge >= 0.3 is 0 Å². The third kappa shape index (κ3) is 5.67. The van der Waals surface area contributed by atoms with Gasteiger partial charge in [-0.15, -0.1) is 0 Å². The third-order valence-corrected chi connectivity index (χ3v) is 4.78. The van der Waals surface area contributed by atoms with E-state index in [1.165, 1.54) is 68.8 Å². The minimum absolute atomic E-state index is 0.127. The molecule has 6 nitrogen and oxygen atoms in total. The predicted molar refractivity (Wildman–Crippen MR) is 123 cm³/mol. The molecule has 0 saturated carbocycles. The van der Waals surface area contributed by atoms with Crippen molar-refractivity contribution in [2.75, 3.05) is 24.9 Å². The average Bonchev–Trinajstić information content (AvgIpc) is 2.79. The molecule has 3 aromatic rings. The van der Waals surface area contributed by atoms with E-state index in [1.54, 1.807) is 0 Å². The molecule has 0 aliphatic heterocycles. The maximum atomic E-state index is 14.0. The highest BCUT2D eigenvalue weighted by molar-refractivity contribution is 6.33. The molecule has 170 valence electrons. The fourth-order valence-electron chi connectivity index (χ4n) is 2.93. The summed E-state index contributed by atoms with van der Waals surface area (Å²) in [7, 11) is 2.81. The molecule has 0 bridgehead atoms. The second kappa shape index (κ2) is 10.6. The highest BCUT2D eigenvalue weighted by Crippen LogP contribution is 2.36. The molecule has 0 radical (unpaired) electrons. The van der Waals surface area contributed by atoms with Crippen LogP contribution >= 0.6 is 11.6 Å². The van der Waals surface area contributed by atoms with Crippen molar-refractivity contribution >= 4 is 40.9 Å². The first-order valence-electron chi connectivity index (χ1n) is 9.59. The van der Waals surface area contributed by atoms with E-state index in [9.17, 15) is 18.4 Å². The van der Waals surface area contributed by atoms with Gasteiger partial charge in [0, 0.05) is 0 Å². The van der Waals surface area contributed by atoms with Crippen molar-refractivity contribution in [2.24, 2.45) is 0 Å². The van der Waals surface area contributed by atoms with Crippen molar-refractivity contribution in [3.63, 3.8) is 0 Å². The molecule has 2 N–H and O–H groups in total. The number of amides is 2. The smallest absolute Gasteiger partial charge is 0.261 e. The number of methoxy groups -OCH3 is 2. The summed E-state index contributed by atoms with van der Waals surface area (Å²) in [4.78, 5) is 25.9. The average molecular weight is 473 g/mol. The minimum atomic E-state index is -0.917. The van der Waals surface area contributed by atoms with Crippen LogP contribution < -0.4 is 20.1 Å². The monoisotopic (exact) mass is 472 g/mol. The van der Waals surface area contributed by atoms with Crippen molar-refractivity contribution in [2.45, 2.75) is 0 Å². The van der Waals surface area contributed by atoms with Crippen LogP contribution in [0.4, 0.5) is 20.2 Å². The van der Waals surface area contributed by atoms with Crippen LogP contribution in [0.15, 0.2) is 66.2 Å². The minimum Gasteiger partial charge on any atom is -0.493 e. The number of halogens is 3. The maximum absolute atomic E-state index is 14.0. The number of hydrogen-bond donors (Lipinski definition) is 2. The first-order chi connectivity index (χ1) is 15.8. The lowest BCUT2D eigenvalue weighted by molar-refractivity contribution is -0.118. The number of carbonyl (C=O) groups is 2. The Hall–Kier alpha value is -3.91. The summed E-state index contributed by atoms with van der Waals surface area (Å²) >= 11 is 6.22. The number of carbonyl (C=O) groups excluding carboxylic acids is 2. The molecule has 0 unspecified atom stereocenters. The van der Waals surface area contributed by atoms with Gasteiger partial charge in [0.2, 0.25) is 0 Å². The summed E-state index contributed by atoms with van der Waals surface area (Å²) in [5.41, 5.74) is -0.361. The van der Waals surface area contributed by atoms with Gasteiger partial charge in [-0.05, 0) is 48.0 Å². The molecular weight excluding hydrogens is 454 g/mol. The van der Waals surface area contributed by atoms with Gasteiger partial charge in [-0.1, -0.05) is 35.9 Å². The number of anilines is 2. The molecule has 33 heavy (non-hydrogen) atoms. The molecule has 0 spiro atoms. The van der Waals surface area contributed by atoms with E-state index in [0.29, 0.717) is 5.56 Å². The van der Waals surface area contributed by atoms with Crippen LogP contribution in [0, 0.1) is 11.6 Å². The molecule has 3 rings (SSSR count). The quantitative estimate of drug-likeness (QED) is 0.278. The van der Waals surface area contributed by atoms with Crippen molar-refractivity contribution in [1.82, 2.24) is 0 Å². The Morgan fingerprint density at radius 1 is 0.848 bits per heavy atom. The predicted octanol–water partition coefficient (Wildman–Crippen LogP) is 5.30. The van der Waals surface area contributed by atoms with Crippen LogP contribution in [0.3, 0.4) is 0 Å². The second-order valence-electron chi connectivity index (χ2n) is 6.66. The zero-order valence-electron chi connectivity index (χ0n) is 17.6. The van der Waals surface area contributed by atoms with Crippen molar-refractivity contribution < 1.29 is 27.8 Å². The Kier molecular flexibility index (Phi) is 7.63. The summed E-state index contributed by atoms with van der Waals surface area (Å²) in [5.74, 6) is -2.67. The summed E-state index contributed by atoms with van der Waals surface area (Å²) in [5, 5.41) is 4.88. The largest absolute Gasteiger partial charge is 0.493 e. The van der Waals surface area contributed by atoms with Crippen LogP contribution in [-0.2, 0) is 9.59 Å². The van der Waals surface area contributed by atoms with Crippen LogP contribution in [0.25, 0.3) is 6.08 Å². The first kappa shape index (κ1) is 23.7. The van der Waals surface area contributed by atoms with Crippen LogP contribution in [0.1, 0.15) is 5.56 Å². The topological polar surface area (TPSA) is 76.7 Å². The van der Waals surface area contributed by atoms with Crippen LogP contribution in [-0.4, -0.2) is 26.0 Å². The van der Waals surface area contributed by atoms with Gasteiger partial charge in [-0.3, -0.25) is 9.59 Å². The van der Waals surface area contributed by atoms with Crippen molar-refractivity contribution in [3.05, 3.63) is 88.5 Å². The molecule has 2 amide bonds. The van der Waals surface area contributed by atoms with E-state index in [-0.39, 0.29) is 27.9 Å². The van der Waals surface area contributed by atoms with Gasteiger partial charge in [-0.2, -0.15) is 0 Å². The Labute approximate surface area is 193 Å². The highest BCUT2D eigenvalue weighted by atomic mass is 35.5. The van der Waals surface area contributed by atoms with Crippen molar-refractivity contribution in [1.29, 1.82) is 0 Å². The summed E-state index contributed by atoms with van der Waals surface area (Å²) < 4.78 is 38.5. The molecule has 9 heteroatoms. The van der Waals surface area contributed by atoms with Gasteiger partial charge in [-0.25, -0.2) is 8.78 Å². The lowest BCUT2D eigenvalue weighted by atomic mass is 10.1. The van der Waals surface area contributed by atoms with Gasteiger partial charge in [0.15, 0.2) is 11.5 Å². The summed E-state index contributed by atoms with van der Waals surface area (Å²) in [6, 6.07) is 13.9. The Morgan fingerprint density at radius 3 is 1.82 bits per heavy atom. The zero-order chi connectivity index (χ0) is 24.0. The van der Waals surface area contributed by atoms with Crippen molar-refractivity contribution in [3.8, 4) is 11.5 Å².